The average Bonchev–Trinajstić information content (AvgIpc) is 3.08. The maximum absolute atomic E-state index is 14.2. The molecular weight excluding hydrogens is 623 g/mol. The average molecular weight is 664 g/mol. The Bertz CT molecular complexity index is 1660. The number of piperidine rings is 2. The van der Waals surface area contributed by atoms with Crippen molar-refractivity contribution in [3.63, 3.8) is 0 Å². The van der Waals surface area contributed by atoms with Gasteiger partial charge >= 0.3 is 0 Å². The first-order valence-electron chi connectivity index (χ1n) is 15.7. The number of aromatic nitrogens is 3. The van der Waals surface area contributed by atoms with Gasteiger partial charge in [-0.3, -0.25) is 9.36 Å². The summed E-state index contributed by atoms with van der Waals surface area (Å²) in [5.41, 5.74) is 3.59. The van der Waals surface area contributed by atoms with Crippen molar-refractivity contribution in [2.75, 3.05) is 62.5 Å². The van der Waals surface area contributed by atoms with E-state index >= 15 is 0 Å². The first kappa shape index (κ1) is 32.8. The molecule has 2 fully saturated rings. The Morgan fingerprint density at radius 2 is 1.78 bits per heavy atom. The summed E-state index contributed by atoms with van der Waals surface area (Å²) in [7, 11) is 1.59. The minimum Gasteiger partial charge on any atom is -0.611 e. The molecule has 0 aliphatic carbocycles. The molecule has 2 aromatic carbocycles. The molecule has 244 valence electrons. The van der Waals surface area contributed by atoms with E-state index in [9.17, 15) is 13.9 Å². The molecule has 3 atom stereocenters. The van der Waals surface area contributed by atoms with Crippen LogP contribution < -0.4 is 21.5 Å². The molecule has 0 radical (unpaired) electrons. The molecule has 13 heteroatoms. The summed E-state index contributed by atoms with van der Waals surface area (Å²) < 4.78 is 33.5. The SMILES string of the molecule is COCC[S+]([O-])c1ccc(-c2cc3cnc(Nc4ccc(NC5CCCNC5)cc4)nc3n(C3CCN([S+](C)[O-])CC3)c2=O)cc1. The van der Waals surface area contributed by atoms with Gasteiger partial charge < -0.3 is 29.8 Å². The molecule has 6 rings (SSSR count). The lowest BCUT2D eigenvalue weighted by molar-refractivity contribution is 0.217. The van der Waals surface area contributed by atoms with Gasteiger partial charge in [-0.1, -0.05) is 0 Å². The molecule has 4 aromatic rings. The van der Waals surface area contributed by atoms with Crippen molar-refractivity contribution in [2.24, 2.45) is 0 Å². The van der Waals surface area contributed by atoms with E-state index in [0.717, 1.165) is 41.8 Å². The van der Waals surface area contributed by atoms with Gasteiger partial charge in [-0.15, -0.1) is 4.31 Å². The quantitative estimate of drug-likeness (QED) is 0.201. The van der Waals surface area contributed by atoms with E-state index in [1.807, 2.05) is 46.8 Å². The molecule has 2 aliphatic heterocycles. The van der Waals surface area contributed by atoms with Gasteiger partial charge in [0, 0.05) is 78.7 Å². The Hall–Kier alpha value is -3.17. The predicted molar refractivity (Wildman–Crippen MR) is 186 cm³/mol. The van der Waals surface area contributed by atoms with Gasteiger partial charge in [-0.05, 0) is 104 Å². The number of nitrogens with one attached hydrogen (secondary N) is 3. The monoisotopic (exact) mass is 663 g/mol. The maximum Gasteiger partial charge on any atom is 0.260 e. The smallest absolute Gasteiger partial charge is 0.260 e. The number of nitrogens with zero attached hydrogens (tertiary/aromatic N) is 4. The Kier molecular flexibility index (Phi) is 10.8. The number of methoxy groups -OCH3 is 1. The van der Waals surface area contributed by atoms with Crippen molar-refractivity contribution >= 4 is 50.9 Å². The van der Waals surface area contributed by atoms with Crippen LogP contribution in [0, 0.1) is 0 Å². The van der Waals surface area contributed by atoms with Gasteiger partial charge in [0.25, 0.3) is 5.56 Å². The van der Waals surface area contributed by atoms with E-state index in [4.69, 9.17) is 9.72 Å². The summed E-state index contributed by atoms with van der Waals surface area (Å²) in [5.74, 6) is 0.813. The Labute approximate surface area is 275 Å². The fourth-order valence-corrected chi connectivity index (χ4v) is 7.85. The highest BCUT2D eigenvalue weighted by molar-refractivity contribution is 7.91. The summed E-state index contributed by atoms with van der Waals surface area (Å²) >= 11 is -2.24. The second kappa shape index (κ2) is 15.2. The van der Waals surface area contributed by atoms with Crippen LogP contribution in [-0.4, -0.2) is 85.9 Å². The zero-order valence-electron chi connectivity index (χ0n) is 26.2. The number of fused-ring (bicyclic) bond motifs is 1. The highest BCUT2D eigenvalue weighted by atomic mass is 32.2. The lowest BCUT2D eigenvalue weighted by Gasteiger charge is -2.32. The highest BCUT2D eigenvalue weighted by Crippen LogP contribution is 2.29. The topological polar surface area (TPSA) is 142 Å². The Balaban J connectivity index is 1.30. The molecule has 11 nitrogen and oxygen atoms in total. The van der Waals surface area contributed by atoms with Gasteiger partial charge in [-0.2, -0.15) is 4.98 Å². The molecule has 3 N–H and O–H groups in total. The van der Waals surface area contributed by atoms with E-state index in [1.54, 1.807) is 36.3 Å². The minimum absolute atomic E-state index is 0.113. The van der Waals surface area contributed by atoms with Crippen LogP contribution in [0.3, 0.4) is 0 Å². The molecule has 3 unspecified atom stereocenters. The molecule has 0 amide bonds. The Morgan fingerprint density at radius 3 is 2.46 bits per heavy atom. The summed E-state index contributed by atoms with van der Waals surface area (Å²) in [6.07, 6.45) is 7.11. The number of anilines is 3. The number of benzene rings is 2. The maximum atomic E-state index is 14.2. The summed E-state index contributed by atoms with van der Waals surface area (Å²) in [6, 6.07) is 17.5. The molecule has 46 heavy (non-hydrogen) atoms. The van der Waals surface area contributed by atoms with Crippen LogP contribution in [0.25, 0.3) is 22.2 Å². The van der Waals surface area contributed by atoms with Crippen molar-refractivity contribution < 1.29 is 13.8 Å². The van der Waals surface area contributed by atoms with Crippen LogP contribution >= 0.6 is 0 Å². The lowest BCUT2D eigenvalue weighted by atomic mass is 10.0. The van der Waals surface area contributed by atoms with Crippen LogP contribution in [0.4, 0.5) is 17.3 Å². The van der Waals surface area contributed by atoms with Crippen LogP contribution in [0.5, 0.6) is 0 Å². The van der Waals surface area contributed by atoms with E-state index in [2.05, 4.69) is 20.9 Å². The van der Waals surface area contributed by atoms with Crippen molar-refractivity contribution in [1.82, 2.24) is 24.2 Å². The van der Waals surface area contributed by atoms with E-state index < -0.39 is 22.5 Å². The van der Waals surface area contributed by atoms with Crippen molar-refractivity contribution in [3.8, 4) is 11.1 Å². The molecule has 4 heterocycles. The van der Waals surface area contributed by atoms with E-state index in [1.165, 1.54) is 6.42 Å². The molecule has 0 spiro atoms. The summed E-state index contributed by atoms with van der Waals surface area (Å²) in [4.78, 5) is 24.4. The summed E-state index contributed by atoms with van der Waals surface area (Å²) in [6.45, 7) is 3.70. The predicted octanol–water partition coefficient (Wildman–Crippen LogP) is 4.05. The fraction of sp³-hybridized carbons (Fsp3) is 0.424. The molecular formula is C33H41N7O4S2. The lowest BCUT2D eigenvalue weighted by Crippen LogP contribution is -2.40. The molecule has 0 bridgehead atoms. The van der Waals surface area contributed by atoms with Gasteiger partial charge in [0.05, 0.1) is 6.61 Å². The number of hydrogen-bond donors (Lipinski definition) is 3. The molecule has 2 aliphatic rings. The van der Waals surface area contributed by atoms with Gasteiger partial charge in [0.15, 0.2) is 4.90 Å². The zero-order valence-corrected chi connectivity index (χ0v) is 27.9. The number of hydrogen-bond acceptors (Lipinski definition) is 10. The van der Waals surface area contributed by atoms with Crippen molar-refractivity contribution in [2.45, 2.75) is 42.7 Å². The first-order valence-corrected chi connectivity index (χ1v) is 18.6. The third kappa shape index (κ3) is 7.68. The second-order valence-corrected chi connectivity index (χ2v) is 14.7. The third-order valence-corrected chi connectivity index (χ3v) is 11.1. The summed E-state index contributed by atoms with van der Waals surface area (Å²) in [5, 5.41) is 11.1. The molecule has 0 saturated carbocycles. The first-order chi connectivity index (χ1) is 22.4. The largest absolute Gasteiger partial charge is 0.611 e. The van der Waals surface area contributed by atoms with E-state index in [-0.39, 0.29) is 11.6 Å². The van der Waals surface area contributed by atoms with Crippen LogP contribution in [0.1, 0.15) is 31.7 Å². The van der Waals surface area contributed by atoms with Crippen molar-refractivity contribution in [3.05, 3.63) is 71.1 Å². The van der Waals surface area contributed by atoms with Gasteiger partial charge in [0.1, 0.15) is 17.7 Å². The van der Waals surface area contributed by atoms with Gasteiger partial charge in [-0.25, -0.2) is 4.98 Å². The van der Waals surface area contributed by atoms with Gasteiger partial charge in [0.2, 0.25) is 5.95 Å². The highest BCUT2D eigenvalue weighted by Gasteiger charge is 2.28. The molecule has 2 saturated heterocycles. The van der Waals surface area contributed by atoms with E-state index in [0.29, 0.717) is 66.4 Å². The second-order valence-electron chi connectivity index (χ2n) is 11.7. The number of rotatable bonds is 11. The van der Waals surface area contributed by atoms with Crippen LogP contribution in [0.2, 0.25) is 0 Å². The minimum atomic E-state index is -1.19. The Morgan fingerprint density at radius 1 is 1.04 bits per heavy atom. The third-order valence-electron chi connectivity index (χ3n) is 8.64. The van der Waals surface area contributed by atoms with Crippen LogP contribution in [0.15, 0.2) is 70.5 Å². The number of pyridine rings is 1. The zero-order chi connectivity index (χ0) is 32.0. The molecule has 2 aromatic heterocycles. The number of ether oxygens (including phenoxy) is 1. The fourth-order valence-electron chi connectivity index (χ4n) is 6.14. The normalized spacial score (nSPS) is 19.2. The van der Waals surface area contributed by atoms with Crippen molar-refractivity contribution in [1.29, 1.82) is 0 Å². The van der Waals surface area contributed by atoms with Crippen LogP contribution in [-0.2, 0) is 27.3 Å². The standard InChI is InChI=1S/C33H41N7O4S2/c1-44-18-19-46(43)29-11-5-23(6-12-29)30-20-24-21-35-33(37-26-9-7-25(8-10-26)36-27-4-3-15-34-22-27)38-31(24)40(32(30)41)28-13-16-39(17-14-28)45(2)42/h5-12,20-21,27-28,34,36H,3-4,13-19,22H2,1-2H3,(H,35,37,38).